The lowest BCUT2D eigenvalue weighted by atomic mass is 9.87. The molecule has 0 bridgehead atoms. The van der Waals surface area contributed by atoms with Crippen molar-refractivity contribution in [3.05, 3.63) is 82.9 Å². The molecule has 0 spiro atoms. The summed E-state index contributed by atoms with van der Waals surface area (Å²) in [6.07, 6.45) is 4.46. The van der Waals surface area contributed by atoms with Gasteiger partial charge in [-0.25, -0.2) is 8.78 Å². The normalized spacial score (nSPS) is 11.9. The van der Waals surface area contributed by atoms with Gasteiger partial charge in [0.2, 0.25) is 5.91 Å². The minimum absolute atomic E-state index is 0. The van der Waals surface area contributed by atoms with E-state index in [9.17, 15) is 13.6 Å². The van der Waals surface area contributed by atoms with E-state index in [0.717, 1.165) is 36.9 Å². The number of rotatable bonds is 12. The minimum Gasteiger partial charge on any atom is -0.355 e. The molecule has 34 heavy (non-hydrogen) atoms. The Bertz CT molecular complexity index is 848. The van der Waals surface area contributed by atoms with Gasteiger partial charge in [0.25, 0.3) is 0 Å². The summed E-state index contributed by atoms with van der Waals surface area (Å²) in [7, 11) is 1.99. The van der Waals surface area contributed by atoms with Crippen LogP contribution in [-0.2, 0) is 4.79 Å². The molecule has 0 radical (unpaired) electrons. The molecule has 0 aliphatic rings. The largest absolute Gasteiger partial charge is 0.355 e. The Hall–Kier alpha value is -2.24. The minimum atomic E-state index is -0.280. The average Bonchev–Trinajstić information content (AvgIpc) is 2.77. The number of hydrogen-bond donors (Lipinski definition) is 1. The summed E-state index contributed by atoms with van der Waals surface area (Å²) in [5.74, 6) is -0.0887. The predicted octanol–water partition coefficient (Wildman–Crippen LogP) is 6.73. The topological polar surface area (TPSA) is 32.3 Å². The predicted molar refractivity (Wildman–Crippen MR) is 139 cm³/mol. The number of amides is 1. The van der Waals surface area contributed by atoms with Crippen molar-refractivity contribution in [1.29, 1.82) is 0 Å². The third-order valence-corrected chi connectivity index (χ3v) is 5.83. The molecule has 1 N–H and O–H groups in total. The zero-order valence-electron chi connectivity index (χ0n) is 21.0. The van der Waals surface area contributed by atoms with E-state index < -0.39 is 0 Å². The number of nitrogens with one attached hydrogen (secondary N) is 1. The van der Waals surface area contributed by atoms with Crippen LogP contribution in [0.15, 0.2) is 60.2 Å². The molecule has 2 rings (SSSR count). The van der Waals surface area contributed by atoms with E-state index in [-0.39, 0.29) is 41.9 Å². The lowest BCUT2D eigenvalue weighted by Crippen LogP contribution is -2.46. The summed E-state index contributed by atoms with van der Waals surface area (Å²) in [5.41, 5.74) is 3.19. The fourth-order valence-corrected chi connectivity index (χ4v) is 3.94. The van der Waals surface area contributed by atoms with Crippen molar-refractivity contribution in [3.63, 3.8) is 0 Å². The van der Waals surface area contributed by atoms with Gasteiger partial charge >= 0.3 is 0 Å². The molecule has 0 fully saturated rings. The molecule has 6 heteroatoms. The van der Waals surface area contributed by atoms with E-state index in [4.69, 9.17) is 0 Å². The zero-order chi connectivity index (χ0) is 24.4. The quantitative estimate of drug-likeness (QED) is 0.263. The van der Waals surface area contributed by atoms with Crippen LogP contribution in [0.4, 0.5) is 8.78 Å². The van der Waals surface area contributed by atoms with Crippen molar-refractivity contribution in [2.75, 3.05) is 20.1 Å². The lowest BCUT2D eigenvalue weighted by Gasteiger charge is -2.28. The number of nitrogens with zero attached hydrogens (tertiary/aromatic N) is 1. The Morgan fingerprint density at radius 2 is 1.47 bits per heavy atom. The molecule has 0 aliphatic carbocycles. The maximum Gasteiger partial charge on any atom is 0.237 e. The van der Waals surface area contributed by atoms with E-state index in [1.807, 2.05) is 7.05 Å². The maximum absolute atomic E-state index is 13.4. The van der Waals surface area contributed by atoms with Crippen molar-refractivity contribution < 1.29 is 13.6 Å². The Kier molecular flexibility index (Phi) is 13.1. The molecule has 2 aromatic carbocycles. The maximum atomic E-state index is 13.4. The smallest absolute Gasteiger partial charge is 0.237 e. The van der Waals surface area contributed by atoms with Crippen LogP contribution >= 0.6 is 12.4 Å². The Morgan fingerprint density at radius 3 is 1.91 bits per heavy atom. The van der Waals surface area contributed by atoms with Crippen molar-refractivity contribution >= 4 is 18.3 Å². The summed E-state index contributed by atoms with van der Waals surface area (Å²) >= 11 is 0. The molecular weight excluding hydrogens is 454 g/mol. The van der Waals surface area contributed by atoms with Crippen molar-refractivity contribution in [3.8, 4) is 0 Å². The van der Waals surface area contributed by atoms with Gasteiger partial charge < -0.3 is 5.32 Å². The number of carbonyl (C=O) groups excluding carboxylic acids is 1. The van der Waals surface area contributed by atoms with Crippen LogP contribution < -0.4 is 5.32 Å². The standard InChI is InChI=1S/C28H38F2N2O.ClH/c1-20(2)16-18-32(5)27(19-21(3)4)28(33)31-17-6-7-26(22-8-12-24(29)13-9-22)23-10-14-25(30)15-11-23;/h8-16,21,26-27H,6-7,17-19H2,1-5H3,(H,31,33);1H/t27-;/m0./s1. The summed E-state index contributed by atoms with van der Waals surface area (Å²) in [4.78, 5) is 15.1. The van der Waals surface area contributed by atoms with Gasteiger partial charge in [-0.3, -0.25) is 9.69 Å². The monoisotopic (exact) mass is 492 g/mol. The molecule has 1 amide bonds. The summed E-state index contributed by atoms with van der Waals surface area (Å²) < 4.78 is 26.9. The van der Waals surface area contributed by atoms with E-state index in [0.29, 0.717) is 12.5 Å². The third kappa shape index (κ3) is 9.94. The first-order chi connectivity index (χ1) is 15.7. The van der Waals surface area contributed by atoms with Gasteiger partial charge in [-0.15, -0.1) is 12.4 Å². The van der Waals surface area contributed by atoms with E-state index in [1.165, 1.54) is 29.8 Å². The van der Waals surface area contributed by atoms with Crippen LogP contribution in [-0.4, -0.2) is 37.0 Å². The molecule has 0 aliphatic heterocycles. The second-order valence-electron chi connectivity index (χ2n) is 9.46. The summed E-state index contributed by atoms with van der Waals surface area (Å²) in [6, 6.07) is 12.7. The molecule has 188 valence electrons. The van der Waals surface area contributed by atoms with Crippen molar-refractivity contribution in [2.24, 2.45) is 5.92 Å². The molecular formula is C28H39ClF2N2O. The SMILES string of the molecule is CC(C)=CCN(C)[C@@H](CC(C)C)C(=O)NCCCC(c1ccc(F)cc1)c1ccc(F)cc1.Cl. The molecule has 2 aromatic rings. The van der Waals surface area contributed by atoms with Gasteiger partial charge in [0.15, 0.2) is 0 Å². The van der Waals surface area contributed by atoms with Gasteiger partial charge in [0, 0.05) is 19.0 Å². The van der Waals surface area contributed by atoms with Crippen LogP contribution in [0.5, 0.6) is 0 Å². The van der Waals surface area contributed by atoms with Crippen LogP contribution in [0.25, 0.3) is 0 Å². The lowest BCUT2D eigenvalue weighted by molar-refractivity contribution is -0.126. The van der Waals surface area contributed by atoms with Gasteiger partial charge in [-0.1, -0.05) is 49.8 Å². The number of halogens is 3. The first-order valence-corrected chi connectivity index (χ1v) is 11.8. The van der Waals surface area contributed by atoms with E-state index in [2.05, 4.69) is 44.0 Å². The highest BCUT2D eigenvalue weighted by Gasteiger charge is 2.23. The number of benzene rings is 2. The van der Waals surface area contributed by atoms with Crippen LogP contribution in [0, 0.1) is 17.6 Å². The van der Waals surface area contributed by atoms with E-state index >= 15 is 0 Å². The molecule has 0 aromatic heterocycles. The third-order valence-electron chi connectivity index (χ3n) is 5.83. The fourth-order valence-electron chi connectivity index (χ4n) is 3.94. The highest BCUT2D eigenvalue weighted by Crippen LogP contribution is 2.29. The highest BCUT2D eigenvalue weighted by atomic mass is 35.5. The molecule has 0 unspecified atom stereocenters. The van der Waals surface area contributed by atoms with Gasteiger partial charge in [0.1, 0.15) is 11.6 Å². The Morgan fingerprint density at radius 1 is 0.971 bits per heavy atom. The van der Waals surface area contributed by atoms with E-state index in [1.54, 1.807) is 24.3 Å². The number of carbonyl (C=O) groups is 1. The molecule has 1 atom stereocenters. The van der Waals surface area contributed by atoms with Crippen LogP contribution in [0.3, 0.4) is 0 Å². The molecule has 3 nitrogen and oxygen atoms in total. The van der Waals surface area contributed by atoms with Crippen molar-refractivity contribution in [2.45, 2.75) is 58.9 Å². The fraction of sp³-hybridized carbons (Fsp3) is 0.464. The number of likely N-dealkylation sites (N-methyl/N-ethyl adjacent to an activating group) is 1. The van der Waals surface area contributed by atoms with Gasteiger partial charge in [0.05, 0.1) is 6.04 Å². The average molecular weight is 493 g/mol. The molecule has 0 saturated carbocycles. The summed E-state index contributed by atoms with van der Waals surface area (Å²) in [5, 5.41) is 3.11. The number of hydrogen-bond acceptors (Lipinski definition) is 2. The Balaban J connectivity index is 0.00000578. The zero-order valence-corrected chi connectivity index (χ0v) is 21.8. The van der Waals surface area contributed by atoms with Gasteiger partial charge in [-0.2, -0.15) is 0 Å². The van der Waals surface area contributed by atoms with Crippen LogP contribution in [0.2, 0.25) is 0 Å². The molecule has 0 heterocycles. The molecule has 0 saturated heterocycles. The first-order valence-electron chi connectivity index (χ1n) is 11.8. The first kappa shape index (κ1) is 29.8. The van der Waals surface area contributed by atoms with Gasteiger partial charge in [-0.05, 0) is 81.5 Å². The number of allylic oxidation sites excluding steroid dienone is 1. The second kappa shape index (κ2) is 14.9. The summed E-state index contributed by atoms with van der Waals surface area (Å²) in [6.45, 7) is 9.68. The highest BCUT2D eigenvalue weighted by molar-refractivity contribution is 5.85. The Labute approximate surface area is 210 Å². The van der Waals surface area contributed by atoms with Crippen molar-refractivity contribution in [1.82, 2.24) is 10.2 Å². The second-order valence-corrected chi connectivity index (χ2v) is 9.46. The van der Waals surface area contributed by atoms with Crippen LogP contribution in [0.1, 0.15) is 64.0 Å².